The van der Waals surface area contributed by atoms with Gasteiger partial charge >= 0.3 is 0 Å². The maximum atomic E-state index is 12.4. The first-order chi connectivity index (χ1) is 10.8. The molecule has 0 heterocycles. The van der Waals surface area contributed by atoms with Gasteiger partial charge in [-0.25, -0.2) is 13.6 Å². The second kappa shape index (κ2) is 8.88. The summed E-state index contributed by atoms with van der Waals surface area (Å²) in [6, 6.07) is 4.00. The lowest BCUT2D eigenvalue weighted by molar-refractivity contribution is 0.0942. The fourth-order valence-corrected chi connectivity index (χ4v) is 2.86. The molecule has 1 aromatic carbocycles. The Morgan fingerprint density at radius 2 is 2.04 bits per heavy atom. The van der Waals surface area contributed by atoms with Crippen molar-refractivity contribution in [3.63, 3.8) is 0 Å². The van der Waals surface area contributed by atoms with Gasteiger partial charge in [-0.3, -0.25) is 4.79 Å². The first kappa shape index (κ1) is 19.4. The number of ether oxygens (including phenoxy) is 1. The van der Waals surface area contributed by atoms with Crippen molar-refractivity contribution in [2.24, 2.45) is 11.1 Å². The molecule has 0 aliphatic heterocycles. The van der Waals surface area contributed by atoms with Gasteiger partial charge in [0, 0.05) is 6.54 Å². The Balaban J connectivity index is 2.89. The number of rotatable bonds is 9. The van der Waals surface area contributed by atoms with Crippen molar-refractivity contribution in [2.75, 3.05) is 13.7 Å². The fourth-order valence-electron chi connectivity index (χ4n) is 2.32. The van der Waals surface area contributed by atoms with Gasteiger partial charge in [0.1, 0.15) is 5.75 Å². The molecule has 1 rings (SSSR count). The summed E-state index contributed by atoms with van der Waals surface area (Å²) in [6.07, 6.45) is 4.28. The molecule has 130 valence electrons. The predicted molar refractivity (Wildman–Crippen MR) is 90.0 cm³/mol. The Morgan fingerprint density at radius 3 is 2.57 bits per heavy atom. The molecule has 3 N–H and O–H groups in total. The number of nitrogens with two attached hydrogens (primary N) is 1. The second-order valence-corrected chi connectivity index (χ2v) is 7.10. The zero-order valence-electron chi connectivity index (χ0n) is 14.0. The molecule has 0 saturated carbocycles. The van der Waals surface area contributed by atoms with E-state index in [1.807, 2.05) is 0 Å². The molecule has 7 heteroatoms. The molecular weight excluding hydrogens is 316 g/mol. The Morgan fingerprint density at radius 1 is 1.35 bits per heavy atom. The number of hydrogen-bond donors (Lipinski definition) is 2. The van der Waals surface area contributed by atoms with Crippen LogP contribution in [0.25, 0.3) is 0 Å². The van der Waals surface area contributed by atoms with Crippen LogP contribution in [0.2, 0.25) is 0 Å². The monoisotopic (exact) mass is 342 g/mol. The van der Waals surface area contributed by atoms with Gasteiger partial charge in [0.05, 0.1) is 17.6 Å². The standard InChI is InChI=1S/C16H26N2O4S/c1-4-6-7-12(5-2)11-18-16(19)14-10-13(23(17,20)21)8-9-15(14)22-3/h8-10,12H,4-7,11H2,1-3H3,(H,18,19)(H2,17,20,21). The number of carbonyl (C=O) groups is 1. The number of hydrogen-bond acceptors (Lipinski definition) is 4. The molecule has 0 radical (unpaired) electrons. The van der Waals surface area contributed by atoms with E-state index in [9.17, 15) is 13.2 Å². The number of sulfonamides is 1. The van der Waals surface area contributed by atoms with Crippen molar-refractivity contribution in [3.05, 3.63) is 23.8 Å². The van der Waals surface area contributed by atoms with Crippen LogP contribution in [-0.2, 0) is 10.0 Å². The van der Waals surface area contributed by atoms with Crippen LogP contribution >= 0.6 is 0 Å². The van der Waals surface area contributed by atoms with Crippen LogP contribution in [0.15, 0.2) is 23.1 Å². The van der Waals surface area contributed by atoms with Crippen LogP contribution in [-0.4, -0.2) is 28.0 Å². The summed E-state index contributed by atoms with van der Waals surface area (Å²) in [5, 5.41) is 7.97. The second-order valence-electron chi connectivity index (χ2n) is 5.53. The largest absolute Gasteiger partial charge is 0.496 e. The van der Waals surface area contributed by atoms with E-state index in [1.54, 1.807) is 0 Å². The van der Waals surface area contributed by atoms with E-state index in [0.29, 0.717) is 18.2 Å². The van der Waals surface area contributed by atoms with Crippen molar-refractivity contribution in [3.8, 4) is 5.75 Å². The average Bonchev–Trinajstić information content (AvgIpc) is 2.53. The minimum atomic E-state index is -3.87. The molecule has 0 saturated heterocycles. The van der Waals surface area contributed by atoms with Gasteiger partial charge in [-0.05, 0) is 30.5 Å². The van der Waals surface area contributed by atoms with Crippen LogP contribution in [0.5, 0.6) is 5.75 Å². The number of amides is 1. The van der Waals surface area contributed by atoms with Crippen molar-refractivity contribution in [1.82, 2.24) is 5.32 Å². The molecule has 1 atom stereocenters. The van der Waals surface area contributed by atoms with Gasteiger partial charge < -0.3 is 10.1 Å². The van der Waals surface area contributed by atoms with Gasteiger partial charge in [0.25, 0.3) is 5.91 Å². The summed E-state index contributed by atoms with van der Waals surface area (Å²) >= 11 is 0. The molecule has 0 aliphatic rings. The maximum Gasteiger partial charge on any atom is 0.255 e. The molecule has 0 aliphatic carbocycles. The summed E-state index contributed by atoms with van der Waals surface area (Å²) in [5.74, 6) is 0.366. The lowest BCUT2D eigenvalue weighted by Gasteiger charge is -2.16. The number of primary sulfonamides is 1. The van der Waals surface area contributed by atoms with E-state index in [4.69, 9.17) is 9.88 Å². The fraction of sp³-hybridized carbons (Fsp3) is 0.562. The molecule has 1 aromatic rings. The molecule has 0 spiro atoms. The predicted octanol–water partition coefficient (Wildman–Crippen LogP) is 2.29. The van der Waals surface area contributed by atoms with E-state index >= 15 is 0 Å². The molecule has 1 amide bonds. The number of carbonyl (C=O) groups excluding carboxylic acids is 1. The maximum absolute atomic E-state index is 12.4. The highest BCUT2D eigenvalue weighted by atomic mass is 32.2. The average molecular weight is 342 g/mol. The van der Waals surface area contributed by atoms with E-state index in [1.165, 1.54) is 25.3 Å². The van der Waals surface area contributed by atoms with Crippen molar-refractivity contribution < 1.29 is 17.9 Å². The Bertz CT molecular complexity index is 629. The molecule has 0 bridgehead atoms. The number of benzene rings is 1. The normalized spacial score (nSPS) is 12.7. The zero-order valence-corrected chi connectivity index (χ0v) is 14.8. The van der Waals surface area contributed by atoms with Gasteiger partial charge in [-0.1, -0.05) is 33.1 Å². The third-order valence-corrected chi connectivity index (χ3v) is 4.75. The van der Waals surface area contributed by atoms with E-state index in [0.717, 1.165) is 25.7 Å². The van der Waals surface area contributed by atoms with Gasteiger partial charge in [-0.15, -0.1) is 0 Å². The summed E-state index contributed by atoms with van der Waals surface area (Å²) in [7, 11) is -2.44. The molecule has 23 heavy (non-hydrogen) atoms. The van der Waals surface area contributed by atoms with Gasteiger partial charge in [0.2, 0.25) is 10.0 Å². The van der Waals surface area contributed by atoms with Crippen LogP contribution in [0.1, 0.15) is 49.9 Å². The quantitative estimate of drug-likeness (QED) is 0.719. The SMILES string of the molecule is CCCCC(CC)CNC(=O)c1cc(S(N)(=O)=O)ccc1OC. The van der Waals surface area contributed by atoms with Gasteiger partial charge in [0.15, 0.2) is 0 Å². The number of unbranched alkanes of at least 4 members (excludes halogenated alkanes) is 1. The third kappa shape index (κ3) is 5.84. The molecule has 0 fully saturated rings. The minimum absolute atomic E-state index is 0.110. The van der Waals surface area contributed by atoms with Crippen molar-refractivity contribution in [1.29, 1.82) is 0 Å². The highest BCUT2D eigenvalue weighted by Crippen LogP contribution is 2.22. The van der Waals surface area contributed by atoms with E-state index in [2.05, 4.69) is 19.2 Å². The third-order valence-electron chi connectivity index (χ3n) is 3.84. The summed E-state index contributed by atoms with van der Waals surface area (Å²) < 4.78 is 28.0. The molecule has 1 unspecified atom stereocenters. The lowest BCUT2D eigenvalue weighted by atomic mass is 9.99. The van der Waals surface area contributed by atoms with Gasteiger partial charge in [-0.2, -0.15) is 0 Å². The Kier molecular flexibility index (Phi) is 7.51. The van der Waals surface area contributed by atoms with Crippen molar-refractivity contribution >= 4 is 15.9 Å². The first-order valence-corrected chi connectivity index (χ1v) is 9.37. The van der Waals surface area contributed by atoms with Crippen LogP contribution < -0.4 is 15.2 Å². The van der Waals surface area contributed by atoms with Crippen molar-refractivity contribution in [2.45, 2.75) is 44.4 Å². The smallest absolute Gasteiger partial charge is 0.255 e. The minimum Gasteiger partial charge on any atom is -0.496 e. The first-order valence-electron chi connectivity index (χ1n) is 7.82. The summed E-state index contributed by atoms with van der Waals surface area (Å²) in [4.78, 5) is 12.3. The Labute approximate surface area is 138 Å². The highest BCUT2D eigenvalue weighted by Gasteiger charge is 2.18. The lowest BCUT2D eigenvalue weighted by Crippen LogP contribution is -2.29. The molecular formula is C16H26N2O4S. The Hall–Kier alpha value is -1.60. The summed E-state index contributed by atoms with van der Waals surface area (Å²) in [5.41, 5.74) is 0.171. The van der Waals surface area contributed by atoms with Crippen LogP contribution in [0.4, 0.5) is 0 Å². The van der Waals surface area contributed by atoms with Crippen LogP contribution in [0, 0.1) is 5.92 Å². The summed E-state index contributed by atoms with van der Waals surface area (Å²) in [6.45, 7) is 4.78. The molecule has 0 aromatic heterocycles. The van der Waals surface area contributed by atoms with E-state index in [-0.39, 0.29) is 16.4 Å². The number of nitrogens with one attached hydrogen (secondary N) is 1. The topological polar surface area (TPSA) is 98.5 Å². The van der Waals surface area contributed by atoms with E-state index < -0.39 is 10.0 Å². The highest BCUT2D eigenvalue weighted by molar-refractivity contribution is 7.89. The molecule has 6 nitrogen and oxygen atoms in total. The van der Waals surface area contributed by atoms with Crippen LogP contribution in [0.3, 0.4) is 0 Å². The zero-order chi connectivity index (χ0) is 17.5. The number of methoxy groups -OCH3 is 1.